The number of hydrogen-bond donors (Lipinski definition) is 2. The Balaban J connectivity index is 1.55. The summed E-state index contributed by atoms with van der Waals surface area (Å²) in [4.78, 5) is 25.3. The van der Waals surface area contributed by atoms with E-state index in [1.807, 2.05) is 6.08 Å². The molecule has 0 aromatic heterocycles. The largest absolute Gasteiger partial charge is 0.393 e. The highest BCUT2D eigenvalue weighted by Crippen LogP contribution is 2.70. The van der Waals surface area contributed by atoms with E-state index in [2.05, 4.69) is 20.8 Å². The lowest BCUT2D eigenvalue weighted by Crippen LogP contribution is -2.63. The SMILES string of the molecule is CCCC1O[C@H]2C[C@H]3[C@@H]4CCC5=CC(=O)CC[C@]5(C)[C@H]4[C@@H](O)C[C@]3(C)[C@]2(C(=O)CO)O1. The summed E-state index contributed by atoms with van der Waals surface area (Å²) in [5.74, 6) is 0.394. The number of carbonyl (C=O) groups is 2. The van der Waals surface area contributed by atoms with Gasteiger partial charge in [0.15, 0.2) is 23.5 Å². The molecule has 0 aromatic rings. The van der Waals surface area contributed by atoms with Crippen molar-refractivity contribution < 1.29 is 29.3 Å². The van der Waals surface area contributed by atoms with Gasteiger partial charge in [0.2, 0.25) is 0 Å². The zero-order valence-corrected chi connectivity index (χ0v) is 18.9. The fourth-order valence-corrected chi connectivity index (χ4v) is 8.48. The van der Waals surface area contributed by atoms with Gasteiger partial charge in [-0.05, 0) is 67.8 Å². The second-order valence-electron chi connectivity index (χ2n) is 11.1. The molecule has 3 saturated carbocycles. The maximum Gasteiger partial charge on any atom is 0.193 e. The van der Waals surface area contributed by atoms with Crippen LogP contribution in [0.2, 0.25) is 0 Å². The van der Waals surface area contributed by atoms with Gasteiger partial charge in [-0.1, -0.05) is 32.8 Å². The number of hydrogen-bond acceptors (Lipinski definition) is 6. The minimum absolute atomic E-state index is 0.0743. The van der Waals surface area contributed by atoms with Gasteiger partial charge in [-0.25, -0.2) is 0 Å². The molecule has 1 unspecified atom stereocenters. The average Bonchev–Trinajstić information content (AvgIpc) is 3.20. The first-order valence-corrected chi connectivity index (χ1v) is 12.1. The Labute approximate surface area is 184 Å². The van der Waals surface area contributed by atoms with Crippen LogP contribution in [0, 0.1) is 28.6 Å². The van der Waals surface area contributed by atoms with Crippen LogP contribution >= 0.6 is 0 Å². The molecule has 0 amide bonds. The molecule has 0 bridgehead atoms. The first-order chi connectivity index (χ1) is 14.7. The molecular weight excluding hydrogens is 396 g/mol. The summed E-state index contributed by atoms with van der Waals surface area (Å²) < 4.78 is 12.7. The van der Waals surface area contributed by atoms with E-state index < -0.39 is 30.0 Å². The Morgan fingerprint density at radius 3 is 2.77 bits per heavy atom. The molecule has 5 rings (SSSR count). The first kappa shape index (κ1) is 21.7. The number of rotatable bonds is 4. The van der Waals surface area contributed by atoms with Crippen LogP contribution < -0.4 is 0 Å². The molecule has 1 aliphatic heterocycles. The van der Waals surface area contributed by atoms with Gasteiger partial charge in [0.05, 0.1) is 12.2 Å². The van der Waals surface area contributed by atoms with Crippen molar-refractivity contribution >= 4 is 11.6 Å². The van der Waals surface area contributed by atoms with Crippen molar-refractivity contribution in [3.05, 3.63) is 11.6 Å². The van der Waals surface area contributed by atoms with Crippen LogP contribution in [0.15, 0.2) is 11.6 Å². The third-order valence-corrected chi connectivity index (χ3v) is 9.77. The monoisotopic (exact) mass is 432 g/mol. The van der Waals surface area contributed by atoms with E-state index in [0.29, 0.717) is 19.3 Å². The number of ketones is 2. The molecule has 0 radical (unpaired) electrons. The number of aliphatic hydroxyl groups is 2. The number of aliphatic hydroxyl groups excluding tert-OH is 2. The standard InChI is InChI=1S/C25H36O6/c1-4-5-21-30-20-11-17-16-7-6-14-10-15(27)8-9-23(14,2)22(16)18(28)12-24(17,3)25(20,31-21)19(29)13-26/h10,16-18,20-22,26,28H,4-9,11-13H2,1-3H3/t16-,17-,18-,20-,21?,22+,23-,24-,25+/m0/s1. The highest BCUT2D eigenvalue weighted by atomic mass is 16.7. The fourth-order valence-electron chi connectivity index (χ4n) is 8.48. The number of Topliss-reactive ketones (excluding diaryl/α,β-unsaturated/α-hetero) is 1. The van der Waals surface area contributed by atoms with Crippen molar-refractivity contribution in [2.45, 2.75) is 96.2 Å². The predicted octanol–water partition coefficient (Wildman–Crippen LogP) is 2.94. The summed E-state index contributed by atoms with van der Waals surface area (Å²) in [5, 5.41) is 21.5. The fraction of sp³-hybridized carbons (Fsp3) is 0.840. The Hall–Kier alpha value is -1.08. The van der Waals surface area contributed by atoms with Gasteiger partial charge in [0.25, 0.3) is 0 Å². The van der Waals surface area contributed by atoms with Crippen LogP contribution in [0.25, 0.3) is 0 Å². The Kier molecular flexibility index (Phi) is 5.06. The molecule has 0 spiro atoms. The third kappa shape index (κ3) is 2.71. The molecule has 6 nitrogen and oxygen atoms in total. The lowest BCUT2D eigenvalue weighted by Gasteiger charge is -2.60. The minimum Gasteiger partial charge on any atom is -0.393 e. The summed E-state index contributed by atoms with van der Waals surface area (Å²) in [6.07, 6.45) is 6.35. The lowest BCUT2D eigenvalue weighted by molar-refractivity contribution is -0.203. The van der Waals surface area contributed by atoms with Gasteiger partial charge in [-0.3, -0.25) is 9.59 Å². The number of allylic oxidation sites excluding steroid dienone is 1. The minimum atomic E-state index is -1.18. The van der Waals surface area contributed by atoms with Crippen molar-refractivity contribution in [2.75, 3.05) is 6.61 Å². The number of ether oxygens (including phenoxy) is 2. The van der Waals surface area contributed by atoms with Gasteiger partial charge >= 0.3 is 0 Å². The molecule has 2 N–H and O–H groups in total. The highest BCUT2D eigenvalue weighted by molar-refractivity contribution is 5.92. The van der Waals surface area contributed by atoms with E-state index in [0.717, 1.165) is 32.1 Å². The molecule has 172 valence electrons. The molecule has 1 saturated heterocycles. The molecule has 0 aromatic carbocycles. The first-order valence-electron chi connectivity index (χ1n) is 12.1. The van der Waals surface area contributed by atoms with E-state index in [1.165, 1.54) is 5.57 Å². The summed E-state index contributed by atoms with van der Waals surface area (Å²) in [6, 6.07) is 0. The van der Waals surface area contributed by atoms with Crippen LogP contribution in [0.1, 0.15) is 72.1 Å². The van der Waals surface area contributed by atoms with Crippen LogP contribution in [0.5, 0.6) is 0 Å². The normalized spacial score (nSPS) is 50.9. The summed E-state index contributed by atoms with van der Waals surface area (Å²) in [7, 11) is 0. The Morgan fingerprint density at radius 1 is 1.29 bits per heavy atom. The van der Waals surface area contributed by atoms with Gasteiger partial charge in [0, 0.05) is 11.8 Å². The van der Waals surface area contributed by atoms with Crippen molar-refractivity contribution in [1.82, 2.24) is 0 Å². The van der Waals surface area contributed by atoms with Crippen LogP contribution in [0.4, 0.5) is 0 Å². The lowest BCUT2D eigenvalue weighted by atomic mass is 9.45. The van der Waals surface area contributed by atoms with Crippen molar-refractivity contribution in [3.8, 4) is 0 Å². The third-order valence-electron chi connectivity index (χ3n) is 9.77. The molecule has 31 heavy (non-hydrogen) atoms. The zero-order valence-electron chi connectivity index (χ0n) is 18.9. The van der Waals surface area contributed by atoms with Crippen LogP contribution in [-0.2, 0) is 19.1 Å². The van der Waals surface area contributed by atoms with E-state index in [-0.39, 0.29) is 40.8 Å². The van der Waals surface area contributed by atoms with Gasteiger partial charge < -0.3 is 19.7 Å². The number of carbonyl (C=O) groups excluding carboxylic acids is 2. The average molecular weight is 433 g/mol. The highest BCUT2D eigenvalue weighted by Gasteiger charge is 2.75. The van der Waals surface area contributed by atoms with Crippen molar-refractivity contribution in [2.24, 2.45) is 28.6 Å². The predicted molar refractivity (Wildman–Crippen MR) is 113 cm³/mol. The van der Waals surface area contributed by atoms with E-state index in [4.69, 9.17) is 9.47 Å². The molecule has 4 aliphatic carbocycles. The van der Waals surface area contributed by atoms with Crippen LogP contribution in [-0.4, -0.2) is 52.5 Å². The molecule has 6 heteroatoms. The molecule has 9 atom stereocenters. The van der Waals surface area contributed by atoms with Gasteiger partial charge in [-0.15, -0.1) is 0 Å². The van der Waals surface area contributed by atoms with Crippen molar-refractivity contribution in [3.63, 3.8) is 0 Å². The smallest absolute Gasteiger partial charge is 0.193 e. The summed E-state index contributed by atoms with van der Waals surface area (Å²) >= 11 is 0. The van der Waals surface area contributed by atoms with E-state index >= 15 is 0 Å². The number of fused-ring (bicyclic) bond motifs is 7. The summed E-state index contributed by atoms with van der Waals surface area (Å²) in [5.41, 5.74) is -0.738. The maximum atomic E-state index is 13.2. The maximum absolute atomic E-state index is 13.2. The van der Waals surface area contributed by atoms with Crippen LogP contribution in [0.3, 0.4) is 0 Å². The second-order valence-corrected chi connectivity index (χ2v) is 11.1. The quantitative estimate of drug-likeness (QED) is 0.710. The zero-order chi connectivity index (χ0) is 22.2. The van der Waals surface area contributed by atoms with Gasteiger partial charge in [0.1, 0.15) is 6.61 Å². The van der Waals surface area contributed by atoms with Crippen molar-refractivity contribution in [1.29, 1.82) is 0 Å². The van der Waals surface area contributed by atoms with E-state index in [1.54, 1.807) is 0 Å². The topological polar surface area (TPSA) is 93.1 Å². The van der Waals surface area contributed by atoms with Gasteiger partial charge in [-0.2, -0.15) is 0 Å². The Morgan fingerprint density at radius 2 is 2.06 bits per heavy atom. The Bertz CT molecular complexity index is 821. The molecular formula is C25H36O6. The molecule has 1 heterocycles. The summed E-state index contributed by atoms with van der Waals surface area (Å²) in [6.45, 7) is 5.80. The van der Waals surface area contributed by atoms with E-state index in [9.17, 15) is 19.8 Å². The second kappa shape index (κ2) is 7.21. The molecule has 4 fully saturated rings. The molecule has 5 aliphatic rings.